The quantitative estimate of drug-likeness (QED) is 0.748. The summed E-state index contributed by atoms with van der Waals surface area (Å²) in [7, 11) is 4.05. The van der Waals surface area contributed by atoms with Crippen LogP contribution in [0.4, 0.5) is 5.69 Å². The Balaban J connectivity index is 2.60. The van der Waals surface area contributed by atoms with Crippen molar-refractivity contribution in [2.45, 2.75) is 6.92 Å². The first-order valence-electron chi connectivity index (χ1n) is 4.52. The maximum absolute atomic E-state index is 4.16. The smallest absolute Gasteiger partial charge is 0.0397 e. The number of nitrogens with one attached hydrogen (secondary N) is 1. The average Bonchev–Trinajstić information content (AvgIpc) is 2.14. The average molecular weight is 179 g/mol. The van der Waals surface area contributed by atoms with Crippen LogP contribution in [-0.2, 0) is 0 Å². The van der Waals surface area contributed by atoms with E-state index in [9.17, 15) is 0 Å². The van der Waals surface area contributed by atoms with Crippen LogP contribution in [0.25, 0.3) is 0 Å². The molecule has 0 atom stereocenters. The lowest BCUT2D eigenvalue weighted by Crippen LogP contribution is -2.27. The van der Waals surface area contributed by atoms with Gasteiger partial charge in [-0.25, -0.2) is 0 Å². The Morgan fingerprint density at radius 2 is 2.31 bits per heavy atom. The van der Waals surface area contributed by atoms with Gasteiger partial charge in [0.15, 0.2) is 0 Å². The molecular weight excluding hydrogens is 162 g/mol. The number of anilines is 1. The third-order valence-electron chi connectivity index (χ3n) is 2.02. The highest BCUT2D eigenvalue weighted by molar-refractivity contribution is 5.45. The third kappa shape index (κ3) is 3.03. The monoisotopic (exact) mass is 179 g/mol. The first kappa shape index (κ1) is 9.99. The van der Waals surface area contributed by atoms with Crippen molar-refractivity contribution in [2.24, 2.45) is 0 Å². The summed E-state index contributed by atoms with van der Waals surface area (Å²) in [6.45, 7) is 4.02. The highest BCUT2D eigenvalue weighted by Gasteiger charge is 1.99. The van der Waals surface area contributed by atoms with Crippen LogP contribution in [0.3, 0.4) is 0 Å². The minimum Gasteiger partial charge on any atom is -0.373 e. The van der Waals surface area contributed by atoms with E-state index < -0.39 is 0 Å². The van der Waals surface area contributed by atoms with Crippen LogP contribution in [-0.4, -0.2) is 32.2 Å². The summed E-state index contributed by atoms with van der Waals surface area (Å²) in [5.74, 6) is 0. The van der Waals surface area contributed by atoms with Crippen LogP contribution < -0.4 is 10.2 Å². The predicted molar refractivity (Wildman–Crippen MR) is 56.2 cm³/mol. The summed E-state index contributed by atoms with van der Waals surface area (Å²) in [4.78, 5) is 6.37. The Labute approximate surface area is 79.8 Å². The van der Waals surface area contributed by atoms with E-state index in [1.165, 1.54) is 5.69 Å². The van der Waals surface area contributed by atoms with E-state index in [1.807, 2.05) is 26.2 Å². The van der Waals surface area contributed by atoms with Gasteiger partial charge in [0.25, 0.3) is 0 Å². The molecule has 72 valence electrons. The van der Waals surface area contributed by atoms with E-state index >= 15 is 0 Å². The summed E-state index contributed by atoms with van der Waals surface area (Å²) in [6.07, 6.45) is 1.85. The van der Waals surface area contributed by atoms with Gasteiger partial charge in [-0.2, -0.15) is 0 Å². The van der Waals surface area contributed by atoms with Crippen molar-refractivity contribution in [2.75, 3.05) is 32.1 Å². The highest BCUT2D eigenvalue weighted by atomic mass is 15.1. The minimum absolute atomic E-state index is 0.998. The van der Waals surface area contributed by atoms with Crippen LogP contribution in [0.2, 0.25) is 0 Å². The van der Waals surface area contributed by atoms with E-state index in [0.29, 0.717) is 0 Å². The molecule has 1 N–H and O–H groups in total. The van der Waals surface area contributed by atoms with Crippen molar-refractivity contribution in [3.05, 3.63) is 24.0 Å². The zero-order valence-corrected chi connectivity index (χ0v) is 8.54. The first-order valence-corrected chi connectivity index (χ1v) is 4.52. The lowest BCUT2D eigenvalue weighted by Gasteiger charge is -2.18. The Bertz CT molecular complexity index is 260. The van der Waals surface area contributed by atoms with Crippen LogP contribution in [0.5, 0.6) is 0 Å². The summed E-state index contributed by atoms with van der Waals surface area (Å²) < 4.78 is 0. The topological polar surface area (TPSA) is 28.2 Å². The van der Waals surface area contributed by atoms with Crippen molar-refractivity contribution >= 4 is 5.69 Å². The largest absolute Gasteiger partial charge is 0.373 e. The highest BCUT2D eigenvalue weighted by Crippen LogP contribution is 2.11. The Hall–Kier alpha value is -1.09. The molecule has 0 aliphatic rings. The lowest BCUT2D eigenvalue weighted by molar-refractivity contribution is 0.767. The SMILES string of the molecule is CNCCN(C)c1ccnc(C)c1. The predicted octanol–water partition coefficient (Wildman–Crippen LogP) is 1.05. The Kier molecular flexibility index (Phi) is 3.71. The molecule has 0 fully saturated rings. The molecule has 3 nitrogen and oxygen atoms in total. The minimum atomic E-state index is 0.998. The number of pyridine rings is 1. The number of nitrogens with zero attached hydrogens (tertiary/aromatic N) is 2. The number of aromatic nitrogens is 1. The molecular formula is C10H17N3. The van der Waals surface area contributed by atoms with Gasteiger partial charge in [-0.15, -0.1) is 0 Å². The van der Waals surface area contributed by atoms with E-state index in [0.717, 1.165) is 18.8 Å². The molecule has 0 saturated carbocycles. The molecule has 0 bridgehead atoms. The maximum atomic E-state index is 4.16. The maximum Gasteiger partial charge on any atom is 0.0397 e. The Morgan fingerprint density at radius 1 is 1.54 bits per heavy atom. The standard InChI is InChI=1S/C10H17N3/c1-9-8-10(4-5-12-9)13(3)7-6-11-2/h4-5,8,11H,6-7H2,1-3H3. The summed E-state index contributed by atoms with van der Waals surface area (Å²) in [5, 5.41) is 3.13. The van der Waals surface area contributed by atoms with Gasteiger partial charge in [-0.3, -0.25) is 4.98 Å². The number of hydrogen-bond acceptors (Lipinski definition) is 3. The van der Waals surface area contributed by atoms with Gasteiger partial charge in [0.1, 0.15) is 0 Å². The molecule has 1 aromatic heterocycles. The van der Waals surface area contributed by atoms with Crippen LogP contribution in [0, 0.1) is 6.92 Å². The Morgan fingerprint density at radius 3 is 2.92 bits per heavy atom. The van der Waals surface area contributed by atoms with Crippen LogP contribution in [0.15, 0.2) is 18.3 Å². The third-order valence-corrected chi connectivity index (χ3v) is 2.02. The number of rotatable bonds is 4. The van der Waals surface area contributed by atoms with Gasteiger partial charge in [0, 0.05) is 37.7 Å². The zero-order chi connectivity index (χ0) is 9.68. The second-order valence-electron chi connectivity index (χ2n) is 3.18. The van der Waals surface area contributed by atoms with Crippen LogP contribution in [0.1, 0.15) is 5.69 Å². The molecule has 0 aliphatic carbocycles. The van der Waals surface area contributed by atoms with Crippen molar-refractivity contribution in [3.8, 4) is 0 Å². The van der Waals surface area contributed by atoms with Gasteiger partial charge in [-0.05, 0) is 26.1 Å². The fraction of sp³-hybridized carbons (Fsp3) is 0.500. The molecule has 0 unspecified atom stereocenters. The second-order valence-corrected chi connectivity index (χ2v) is 3.18. The number of aryl methyl sites for hydroxylation is 1. The molecule has 0 spiro atoms. The van der Waals surface area contributed by atoms with Gasteiger partial charge >= 0.3 is 0 Å². The van der Waals surface area contributed by atoms with E-state index in [-0.39, 0.29) is 0 Å². The normalized spacial score (nSPS) is 10.1. The molecule has 1 heterocycles. The number of likely N-dealkylation sites (N-methyl/N-ethyl adjacent to an activating group) is 2. The molecule has 1 aromatic rings. The fourth-order valence-electron chi connectivity index (χ4n) is 1.18. The van der Waals surface area contributed by atoms with Gasteiger partial charge < -0.3 is 10.2 Å². The summed E-state index contributed by atoms with van der Waals surface area (Å²) >= 11 is 0. The first-order chi connectivity index (χ1) is 6.24. The molecule has 13 heavy (non-hydrogen) atoms. The number of hydrogen-bond donors (Lipinski definition) is 1. The van der Waals surface area contributed by atoms with Crippen LogP contribution >= 0.6 is 0 Å². The van der Waals surface area contributed by atoms with Crippen molar-refractivity contribution in [1.82, 2.24) is 10.3 Å². The van der Waals surface area contributed by atoms with Crippen molar-refractivity contribution < 1.29 is 0 Å². The van der Waals surface area contributed by atoms with Crippen molar-refractivity contribution in [3.63, 3.8) is 0 Å². The lowest BCUT2D eigenvalue weighted by atomic mass is 10.3. The van der Waals surface area contributed by atoms with Gasteiger partial charge in [-0.1, -0.05) is 0 Å². The molecule has 0 saturated heterocycles. The molecule has 3 heteroatoms. The van der Waals surface area contributed by atoms with Crippen molar-refractivity contribution in [1.29, 1.82) is 0 Å². The molecule has 0 aliphatic heterocycles. The summed E-state index contributed by atoms with van der Waals surface area (Å²) in [5.41, 5.74) is 2.29. The van der Waals surface area contributed by atoms with E-state index in [1.54, 1.807) is 0 Å². The zero-order valence-electron chi connectivity index (χ0n) is 8.54. The second kappa shape index (κ2) is 4.82. The fourth-order valence-corrected chi connectivity index (χ4v) is 1.18. The molecule has 0 aromatic carbocycles. The molecule has 0 radical (unpaired) electrons. The van der Waals surface area contributed by atoms with E-state index in [2.05, 4.69) is 28.3 Å². The summed E-state index contributed by atoms with van der Waals surface area (Å²) in [6, 6.07) is 4.12. The van der Waals surface area contributed by atoms with E-state index in [4.69, 9.17) is 0 Å². The van der Waals surface area contributed by atoms with Gasteiger partial charge in [0.05, 0.1) is 0 Å². The van der Waals surface area contributed by atoms with Gasteiger partial charge in [0.2, 0.25) is 0 Å². The molecule has 0 amide bonds. The molecule has 1 rings (SSSR count).